The molecule has 0 aromatic heterocycles. The highest BCUT2D eigenvalue weighted by molar-refractivity contribution is 7.90. The van der Waals surface area contributed by atoms with Crippen molar-refractivity contribution in [2.75, 3.05) is 26.7 Å². The van der Waals surface area contributed by atoms with E-state index in [1.54, 1.807) is 25.3 Å². The molecule has 0 aliphatic carbocycles. The van der Waals surface area contributed by atoms with E-state index in [1.807, 2.05) is 30.3 Å². The molecule has 1 fully saturated rings. The highest BCUT2D eigenvalue weighted by atomic mass is 32.2. The van der Waals surface area contributed by atoms with E-state index < -0.39 is 10.0 Å². The number of hydrogen-bond donors (Lipinski definition) is 0. The van der Waals surface area contributed by atoms with Gasteiger partial charge in [-0.1, -0.05) is 24.3 Å². The molecule has 2 aromatic rings. The molecule has 2 aromatic carbocycles. The van der Waals surface area contributed by atoms with Crippen molar-refractivity contribution in [3.05, 3.63) is 54.1 Å². The molecule has 26 heavy (non-hydrogen) atoms. The fraction of sp³-hybridized carbons (Fsp3) is 0.316. The second kappa shape index (κ2) is 6.64. The Morgan fingerprint density at radius 1 is 1.08 bits per heavy atom. The number of guanidine groups is 1. The molecule has 0 spiro atoms. The lowest BCUT2D eigenvalue weighted by atomic mass is 10.1. The van der Waals surface area contributed by atoms with Gasteiger partial charge in [-0.2, -0.15) is 0 Å². The molecular weight excluding hydrogens is 350 g/mol. The normalized spacial score (nSPS) is 18.0. The van der Waals surface area contributed by atoms with Gasteiger partial charge in [0.2, 0.25) is 5.96 Å². The van der Waals surface area contributed by atoms with E-state index >= 15 is 0 Å². The Kier molecular flexibility index (Phi) is 4.32. The summed E-state index contributed by atoms with van der Waals surface area (Å²) in [5, 5.41) is 0. The van der Waals surface area contributed by atoms with E-state index in [0.29, 0.717) is 23.1 Å². The lowest BCUT2D eigenvalue weighted by Crippen LogP contribution is -2.54. The topological polar surface area (TPSA) is 62.2 Å². The average Bonchev–Trinajstić information content (AvgIpc) is 2.67. The van der Waals surface area contributed by atoms with Crippen LogP contribution >= 0.6 is 0 Å². The number of fused-ring (bicyclic) bond motifs is 2. The summed E-state index contributed by atoms with van der Waals surface area (Å²) in [6.45, 7) is 2.01. The first-order valence-electron chi connectivity index (χ1n) is 8.68. The summed E-state index contributed by atoms with van der Waals surface area (Å²) in [7, 11) is -1.87. The van der Waals surface area contributed by atoms with Crippen molar-refractivity contribution in [2.24, 2.45) is 4.99 Å². The van der Waals surface area contributed by atoms with Gasteiger partial charge in [0.25, 0.3) is 10.0 Å². The van der Waals surface area contributed by atoms with Crippen molar-refractivity contribution >= 4 is 21.7 Å². The molecule has 0 bridgehead atoms. The molecule has 7 heteroatoms. The van der Waals surface area contributed by atoms with Crippen molar-refractivity contribution < 1.29 is 13.2 Å². The number of ether oxygens (including phenoxy) is 1. The summed E-state index contributed by atoms with van der Waals surface area (Å²) in [6.07, 6.45) is 1.61. The third-order valence-electron chi connectivity index (χ3n) is 4.78. The van der Waals surface area contributed by atoms with Crippen molar-refractivity contribution in [3.8, 4) is 5.75 Å². The minimum Gasteiger partial charge on any atom is -0.497 e. The van der Waals surface area contributed by atoms with Crippen LogP contribution in [0, 0.1) is 0 Å². The molecule has 4 rings (SSSR count). The summed E-state index contributed by atoms with van der Waals surface area (Å²) < 4.78 is 32.5. The average molecular weight is 371 g/mol. The van der Waals surface area contributed by atoms with Gasteiger partial charge in [0.1, 0.15) is 10.6 Å². The first-order valence-corrected chi connectivity index (χ1v) is 10.1. The van der Waals surface area contributed by atoms with Gasteiger partial charge in [-0.3, -0.25) is 0 Å². The van der Waals surface area contributed by atoms with E-state index in [-0.39, 0.29) is 0 Å². The third kappa shape index (κ3) is 2.92. The summed E-state index contributed by atoms with van der Waals surface area (Å²) in [4.78, 5) is 7.02. The van der Waals surface area contributed by atoms with E-state index in [1.165, 1.54) is 9.87 Å². The van der Waals surface area contributed by atoms with Crippen LogP contribution in [0.5, 0.6) is 5.75 Å². The predicted molar refractivity (Wildman–Crippen MR) is 100 cm³/mol. The van der Waals surface area contributed by atoms with Crippen LogP contribution in [0.15, 0.2) is 58.4 Å². The Balaban J connectivity index is 1.59. The summed E-state index contributed by atoms with van der Waals surface area (Å²) in [5.74, 6) is 1.38. The molecule has 0 unspecified atom stereocenters. The van der Waals surface area contributed by atoms with Crippen molar-refractivity contribution in [1.82, 2.24) is 9.21 Å². The highest BCUT2D eigenvalue weighted by Gasteiger charge is 2.38. The number of sulfonamides is 1. The van der Waals surface area contributed by atoms with E-state index in [4.69, 9.17) is 4.74 Å². The van der Waals surface area contributed by atoms with Gasteiger partial charge in [-0.05, 0) is 42.7 Å². The smallest absolute Gasteiger partial charge is 0.268 e. The number of hydrogen-bond acceptors (Lipinski definition) is 5. The van der Waals surface area contributed by atoms with Crippen LogP contribution in [-0.2, 0) is 16.4 Å². The largest absolute Gasteiger partial charge is 0.497 e. The number of benzene rings is 2. The molecule has 2 aliphatic heterocycles. The van der Waals surface area contributed by atoms with E-state index in [9.17, 15) is 8.42 Å². The lowest BCUT2D eigenvalue weighted by Gasteiger charge is -2.40. The SMILES string of the molecule is COc1ccc(CCN2CCCN3C2=Nc2ccccc2S3(=O)=O)cc1. The van der Waals surface area contributed by atoms with Crippen LogP contribution in [-0.4, -0.2) is 50.3 Å². The van der Waals surface area contributed by atoms with Crippen LogP contribution in [0.25, 0.3) is 0 Å². The molecule has 2 aliphatic rings. The minimum atomic E-state index is -3.52. The minimum absolute atomic E-state index is 0.292. The van der Waals surface area contributed by atoms with Crippen molar-refractivity contribution in [3.63, 3.8) is 0 Å². The molecule has 0 N–H and O–H groups in total. The Hall–Kier alpha value is -2.54. The number of aliphatic imine (C=N–C) groups is 1. The van der Waals surface area contributed by atoms with Gasteiger partial charge in [0, 0.05) is 19.6 Å². The van der Waals surface area contributed by atoms with Gasteiger partial charge in [0.15, 0.2) is 0 Å². The Labute approximate surface area is 153 Å². The zero-order valence-electron chi connectivity index (χ0n) is 14.6. The quantitative estimate of drug-likeness (QED) is 0.829. The standard InChI is InChI=1S/C19H21N3O3S/c1-25-16-9-7-15(8-10-16)11-14-21-12-4-13-22-19(21)20-17-5-2-3-6-18(17)26(22,23)24/h2-3,5-10H,4,11-14H2,1H3. The fourth-order valence-corrected chi connectivity index (χ4v) is 4.99. The molecular formula is C19H21N3O3S. The molecule has 6 nitrogen and oxygen atoms in total. The zero-order valence-corrected chi connectivity index (χ0v) is 15.4. The van der Waals surface area contributed by atoms with E-state index in [0.717, 1.165) is 31.7 Å². The molecule has 0 radical (unpaired) electrons. The summed E-state index contributed by atoms with van der Waals surface area (Å²) in [5.41, 5.74) is 1.71. The summed E-state index contributed by atoms with van der Waals surface area (Å²) >= 11 is 0. The van der Waals surface area contributed by atoms with Gasteiger partial charge >= 0.3 is 0 Å². The third-order valence-corrected chi connectivity index (χ3v) is 6.61. The van der Waals surface area contributed by atoms with Crippen LogP contribution in [0.1, 0.15) is 12.0 Å². The Morgan fingerprint density at radius 3 is 2.62 bits per heavy atom. The van der Waals surface area contributed by atoms with Gasteiger partial charge in [0.05, 0.1) is 12.8 Å². The maximum atomic E-state index is 12.9. The van der Waals surface area contributed by atoms with Crippen LogP contribution in [0.2, 0.25) is 0 Å². The Morgan fingerprint density at radius 2 is 1.85 bits per heavy atom. The maximum absolute atomic E-state index is 12.9. The molecule has 0 amide bonds. The van der Waals surface area contributed by atoms with Crippen LogP contribution in [0.4, 0.5) is 5.69 Å². The van der Waals surface area contributed by atoms with Gasteiger partial charge in [-0.15, -0.1) is 0 Å². The molecule has 1 saturated heterocycles. The number of methoxy groups -OCH3 is 1. The molecule has 2 heterocycles. The fourth-order valence-electron chi connectivity index (χ4n) is 3.38. The molecule has 0 saturated carbocycles. The summed E-state index contributed by atoms with van der Waals surface area (Å²) in [6, 6.07) is 14.9. The lowest BCUT2D eigenvalue weighted by molar-refractivity contribution is 0.316. The first kappa shape index (κ1) is 16.9. The second-order valence-corrected chi connectivity index (χ2v) is 8.23. The zero-order chi connectivity index (χ0) is 18.1. The second-order valence-electron chi connectivity index (χ2n) is 6.40. The Bertz CT molecular complexity index is 939. The van der Waals surface area contributed by atoms with Crippen LogP contribution in [0.3, 0.4) is 0 Å². The van der Waals surface area contributed by atoms with Crippen LogP contribution < -0.4 is 4.74 Å². The number of para-hydroxylation sites is 1. The first-order chi connectivity index (χ1) is 12.6. The number of rotatable bonds is 4. The van der Waals surface area contributed by atoms with Gasteiger partial charge in [-0.25, -0.2) is 17.7 Å². The number of nitrogens with zero attached hydrogens (tertiary/aromatic N) is 3. The van der Waals surface area contributed by atoms with Gasteiger partial charge < -0.3 is 9.64 Å². The molecule has 136 valence electrons. The maximum Gasteiger partial charge on any atom is 0.268 e. The van der Waals surface area contributed by atoms with Crippen molar-refractivity contribution in [1.29, 1.82) is 0 Å². The molecule has 0 atom stereocenters. The predicted octanol–water partition coefficient (Wildman–Crippen LogP) is 2.64. The highest BCUT2D eigenvalue weighted by Crippen LogP contribution is 2.34. The van der Waals surface area contributed by atoms with Crippen molar-refractivity contribution in [2.45, 2.75) is 17.7 Å². The monoisotopic (exact) mass is 371 g/mol. The van der Waals surface area contributed by atoms with E-state index in [2.05, 4.69) is 9.89 Å².